The maximum atomic E-state index is 2.53. The van der Waals surface area contributed by atoms with E-state index in [1.165, 1.54) is 51.4 Å². The molecule has 2 fully saturated rings. The van der Waals surface area contributed by atoms with Gasteiger partial charge in [-0.2, -0.15) is 0 Å². The first kappa shape index (κ1) is 8.59. The van der Waals surface area contributed by atoms with Crippen LogP contribution in [0.2, 0.25) is 0 Å². The predicted octanol–water partition coefficient (Wildman–Crippen LogP) is 4.15. The summed E-state index contributed by atoms with van der Waals surface area (Å²) in [5, 5.41) is 0. The Morgan fingerprint density at radius 3 is 2.17 bits per heavy atom. The average molecular weight is 166 g/mol. The van der Waals surface area contributed by atoms with Crippen molar-refractivity contribution in [3.05, 3.63) is 0 Å². The molecule has 2 aliphatic rings. The van der Waals surface area contributed by atoms with Crippen LogP contribution in [0.5, 0.6) is 0 Å². The summed E-state index contributed by atoms with van der Waals surface area (Å²) in [6.45, 7) is 2.53. The molecule has 0 saturated heterocycles. The first-order valence-corrected chi connectivity index (χ1v) is 5.79. The van der Waals surface area contributed by atoms with Gasteiger partial charge in [-0.15, -0.1) is 0 Å². The van der Waals surface area contributed by atoms with Gasteiger partial charge in [0.05, 0.1) is 0 Å². The van der Waals surface area contributed by atoms with E-state index in [0.29, 0.717) is 0 Å². The standard InChI is InChI=1S/C12H22/c1-12(8-4-5-9-12)10-11-6-2-3-7-11/h11H,2-10H2,1H3. The van der Waals surface area contributed by atoms with Gasteiger partial charge in [-0.25, -0.2) is 0 Å². The maximum absolute atomic E-state index is 2.53. The van der Waals surface area contributed by atoms with Gasteiger partial charge in [-0.1, -0.05) is 45.4 Å². The maximum Gasteiger partial charge on any atom is -0.0323 e. The van der Waals surface area contributed by atoms with Crippen molar-refractivity contribution in [3.8, 4) is 0 Å². The molecule has 2 rings (SSSR count). The molecule has 12 heavy (non-hydrogen) atoms. The second kappa shape index (κ2) is 3.40. The minimum atomic E-state index is 0.759. The predicted molar refractivity (Wildman–Crippen MR) is 53.2 cm³/mol. The largest absolute Gasteiger partial charge is 0.0596 e. The Labute approximate surface area is 76.7 Å². The van der Waals surface area contributed by atoms with Gasteiger partial charge in [-0.05, 0) is 30.6 Å². The smallest absolute Gasteiger partial charge is 0.0323 e. The van der Waals surface area contributed by atoms with Crippen molar-refractivity contribution in [2.75, 3.05) is 0 Å². The fourth-order valence-electron chi connectivity index (χ4n) is 3.34. The molecule has 0 aliphatic heterocycles. The highest BCUT2D eigenvalue weighted by atomic mass is 14.4. The SMILES string of the molecule is CC1(CC2CCCC2)CCCC1. The molecule has 0 atom stereocenters. The van der Waals surface area contributed by atoms with Crippen LogP contribution in [0.1, 0.15) is 64.7 Å². The zero-order valence-corrected chi connectivity index (χ0v) is 8.44. The van der Waals surface area contributed by atoms with E-state index in [1.54, 1.807) is 6.42 Å². The van der Waals surface area contributed by atoms with E-state index in [1.807, 2.05) is 0 Å². The Hall–Kier alpha value is 0. The Balaban J connectivity index is 1.83. The van der Waals surface area contributed by atoms with E-state index in [4.69, 9.17) is 0 Å². The van der Waals surface area contributed by atoms with Crippen LogP contribution in [0.4, 0.5) is 0 Å². The fraction of sp³-hybridized carbons (Fsp3) is 1.00. The van der Waals surface area contributed by atoms with Crippen molar-refractivity contribution in [3.63, 3.8) is 0 Å². The van der Waals surface area contributed by atoms with Gasteiger partial charge in [0.2, 0.25) is 0 Å². The van der Waals surface area contributed by atoms with E-state index in [2.05, 4.69) is 6.92 Å². The van der Waals surface area contributed by atoms with Gasteiger partial charge in [0.25, 0.3) is 0 Å². The van der Waals surface area contributed by atoms with Gasteiger partial charge < -0.3 is 0 Å². The lowest BCUT2D eigenvalue weighted by molar-refractivity contribution is 0.248. The van der Waals surface area contributed by atoms with Crippen LogP contribution < -0.4 is 0 Å². The summed E-state index contributed by atoms with van der Waals surface area (Å²) < 4.78 is 0. The Morgan fingerprint density at radius 2 is 1.58 bits per heavy atom. The van der Waals surface area contributed by atoms with Crippen molar-refractivity contribution in [2.45, 2.75) is 64.7 Å². The molecule has 0 radical (unpaired) electrons. The summed E-state index contributed by atoms with van der Waals surface area (Å²) in [6, 6.07) is 0. The van der Waals surface area contributed by atoms with Gasteiger partial charge >= 0.3 is 0 Å². The zero-order valence-electron chi connectivity index (χ0n) is 8.44. The topological polar surface area (TPSA) is 0 Å². The molecule has 0 aromatic carbocycles. The molecule has 0 heterocycles. The monoisotopic (exact) mass is 166 g/mol. The zero-order chi connectivity index (χ0) is 8.44. The molecule has 0 aromatic rings. The summed E-state index contributed by atoms with van der Waals surface area (Å²) in [5.74, 6) is 1.10. The number of rotatable bonds is 2. The van der Waals surface area contributed by atoms with Crippen LogP contribution in [0.25, 0.3) is 0 Å². The summed E-state index contributed by atoms with van der Waals surface area (Å²) in [7, 11) is 0. The van der Waals surface area contributed by atoms with Crippen molar-refractivity contribution in [2.24, 2.45) is 11.3 Å². The fourth-order valence-corrected chi connectivity index (χ4v) is 3.34. The molecule has 2 saturated carbocycles. The lowest BCUT2D eigenvalue weighted by Crippen LogP contribution is -2.15. The summed E-state index contributed by atoms with van der Waals surface area (Å²) in [4.78, 5) is 0. The van der Waals surface area contributed by atoms with E-state index in [0.717, 1.165) is 11.3 Å². The molecule has 0 spiro atoms. The highest BCUT2D eigenvalue weighted by molar-refractivity contribution is 4.84. The van der Waals surface area contributed by atoms with E-state index in [-0.39, 0.29) is 0 Å². The lowest BCUT2D eigenvalue weighted by atomic mass is 9.79. The first-order chi connectivity index (χ1) is 5.79. The quantitative estimate of drug-likeness (QED) is 0.578. The molecule has 0 unspecified atom stereocenters. The minimum absolute atomic E-state index is 0.759. The van der Waals surface area contributed by atoms with Crippen LogP contribution in [-0.4, -0.2) is 0 Å². The average Bonchev–Trinajstić information content (AvgIpc) is 2.62. The molecule has 2 aliphatic carbocycles. The van der Waals surface area contributed by atoms with Crippen LogP contribution >= 0.6 is 0 Å². The molecule has 0 N–H and O–H groups in total. The highest BCUT2D eigenvalue weighted by Crippen LogP contribution is 2.45. The third kappa shape index (κ3) is 1.84. The van der Waals surface area contributed by atoms with Gasteiger partial charge in [-0.3, -0.25) is 0 Å². The Kier molecular flexibility index (Phi) is 2.43. The molecule has 0 amide bonds. The van der Waals surface area contributed by atoms with Crippen molar-refractivity contribution in [1.82, 2.24) is 0 Å². The Morgan fingerprint density at radius 1 is 1.00 bits per heavy atom. The van der Waals surface area contributed by atoms with Crippen LogP contribution in [0.3, 0.4) is 0 Å². The van der Waals surface area contributed by atoms with E-state index >= 15 is 0 Å². The Bertz CT molecular complexity index is 136. The van der Waals surface area contributed by atoms with Gasteiger partial charge in [0.15, 0.2) is 0 Å². The summed E-state index contributed by atoms with van der Waals surface area (Å²) >= 11 is 0. The first-order valence-electron chi connectivity index (χ1n) is 5.79. The molecule has 70 valence electrons. The van der Waals surface area contributed by atoms with E-state index < -0.39 is 0 Å². The molecular weight excluding hydrogens is 144 g/mol. The molecule has 0 bridgehead atoms. The second-order valence-corrected chi connectivity index (χ2v) is 5.37. The normalized spacial score (nSPS) is 29.8. The van der Waals surface area contributed by atoms with Crippen LogP contribution in [-0.2, 0) is 0 Å². The summed E-state index contributed by atoms with van der Waals surface area (Å²) in [6.07, 6.45) is 13.7. The van der Waals surface area contributed by atoms with Crippen molar-refractivity contribution >= 4 is 0 Å². The molecular formula is C12H22. The third-order valence-corrected chi connectivity index (χ3v) is 4.07. The van der Waals surface area contributed by atoms with Crippen LogP contribution in [0.15, 0.2) is 0 Å². The lowest BCUT2D eigenvalue weighted by Gasteiger charge is -2.26. The number of hydrogen-bond donors (Lipinski definition) is 0. The molecule has 0 heteroatoms. The highest BCUT2D eigenvalue weighted by Gasteiger charge is 2.32. The summed E-state index contributed by atoms with van der Waals surface area (Å²) in [5.41, 5.74) is 0.759. The molecule has 0 aromatic heterocycles. The molecule has 0 nitrogen and oxygen atoms in total. The third-order valence-electron chi connectivity index (χ3n) is 4.07. The number of hydrogen-bond acceptors (Lipinski definition) is 0. The van der Waals surface area contributed by atoms with Crippen molar-refractivity contribution in [1.29, 1.82) is 0 Å². The second-order valence-electron chi connectivity index (χ2n) is 5.37. The minimum Gasteiger partial charge on any atom is -0.0596 e. The van der Waals surface area contributed by atoms with Gasteiger partial charge in [0.1, 0.15) is 0 Å². The van der Waals surface area contributed by atoms with E-state index in [9.17, 15) is 0 Å². The van der Waals surface area contributed by atoms with Gasteiger partial charge in [0, 0.05) is 0 Å². The van der Waals surface area contributed by atoms with Crippen LogP contribution in [0, 0.1) is 11.3 Å². The van der Waals surface area contributed by atoms with Crippen molar-refractivity contribution < 1.29 is 0 Å².